The average molecular weight is 435 g/mol. The van der Waals surface area contributed by atoms with E-state index < -0.39 is 9.84 Å². The number of piperidine rings is 1. The van der Waals surface area contributed by atoms with Gasteiger partial charge >= 0.3 is 0 Å². The highest BCUT2D eigenvalue weighted by molar-refractivity contribution is 7.91. The van der Waals surface area contributed by atoms with E-state index in [4.69, 9.17) is 11.6 Å². The van der Waals surface area contributed by atoms with Gasteiger partial charge in [-0.25, -0.2) is 8.42 Å². The van der Waals surface area contributed by atoms with Crippen molar-refractivity contribution in [2.24, 2.45) is 0 Å². The Hall–Kier alpha value is -2.05. The number of nitrogens with one attached hydrogen (secondary N) is 1. The summed E-state index contributed by atoms with van der Waals surface area (Å²) in [7, 11) is -3.17. The molecule has 7 heteroatoms. The fourth-order valence-electron chi connectivity index (χ4n) is 3.56. The monoisotopic (exact) mass is 434 g/mol. The minimum Gasteiger partial charge on any atom is -0.371 e. The Bertz CT molecular complexity index is 937. The van der Waals surface area contributed by atoms with Gasteiger partial charge in [0.15, 0.2) is 9.84 Å². The molecular formula is C22H27ClN2O3S. The van der Waals surface area contributed by atoms with Gasteiger partial charge in [-0.05, 0) is 55.2 Å². The van der Waals surface area contributed by atoms with E-state index in [-0.39, 0.29) is 17.7 Å². The quantitative estimate of drug-likeness (QED) is 0.718. The number of anilines is 1. The van der Waals surface area contributed by atoms with Gasteiger partial charge in [0.1, 0.15) is 0 Å². The van der Waals surface area contributed by atoms with Crippen LogP contribution >= 0.6 is 11.6 Å². The van der Waals surface area contributed by atoms with Crippen LogP contribution in [0.1, 0.15) is 31.7 Å². The molecular weight excluding hydrogens is 408 g/mol. The van der Waals surface area contributed by atoms with Crippen LogP contribution in [0.4, 0.5) is 5.69 Å². The Morgan fingerprint density at radius 2 is 1.76 bits per heavy atom. The molecule has 1 heterocycles. The lowest BCUT2D eigenvalue weighted by atomic mass is 10.0. The number of benzene rings is 2. The molecule has 0 atom stereocenters. The van der Waals surface area contributed by atoms with E-state index in [0.717, 1.165) is 37.2 Å². The van der Waals surface area contributed by atoms with Crippen LogP contribution < -0.4 is 10.2 Å². The van der Waals surface area contributed by atoms with Gasteiger partial charge in [-0.15, -0.1) is 0 Å². The van der Waals surface area contributed by atoms with Gasteiger partial charge in [0.05, 0.1) is 10.6 Å². The van der Waals surface area contributed by atoms with Crippen LogP contribution in [-0.4, -0.2) is 39.2 Å². The van der Waals surface area contributed by atoms with Gasteiger partial charge in [-0.2, -0.15) is 0 Å². The van der Waals surface area contributed by atoms with Crippen molar-refractivity contribution in [3.05, 3.63) is 59.1 Å². The predicted molar refractivity (Wildman–Crippen MR) is 117 cm³/mol. The maximum absolute atomic E-state index is 12.3. The lowest BCUT2D eigenvalue weighted by Crippen LogP contribution is -2.44. The van der Waals surface area contributed by atoms with Crippen LogP contribution in [0.25, 0.3) is 0 Å². The number of hydrogen-bond acceptors (Lipinski definition) is 4. The smallest absolute Gasteiger partial charge is 0.220 e. The first-order valence-electron chi connectivity index (χ1n) is 9.99. The van der Waals surface area contributed by atoms with Crippen LogP contribution in [-0.2, 0) is 21.1 Å². The van der Waals surface area contributed by atoms with Gasteiger partial charge < -0.3 is 10.2 Å². The van der Waals surface area contributed by atoms with E-state index in [9.17, 15) is 13.2 Å². The molecule has 1 fully saturated rings. The summed E-state index contributed by atoms with van der Waals surface area (Å²) < 4.78 is 23.9. The van der Waals surface area contributed by atoms with E-state index in [2.05, 4.69) is 10.2 Å². The molecule has 1 aliphatic heterocycles. The highest BCUT2D eigenvalue weighted by atomic mass is 35.5. The highest BCUT2D eigenvalue weighted by Gasteiger charge is 2.21. The van der Waals surface area contributed by atoms with Gasteiger partial charge in [0.2, 0.25) is 5.91 Å². The third-order valence-electron chi connectivity index (χ3n) is 5.38. The molecule has 0 spiro atoms. The first kappa shape index (κ1) is 21.7. The topological polar surface area (TPSA) is 66.5 Å². The van der Waals surface area contributed by atoms with Crippen molar-refractivity contribution in [1.29, 1.82) is 0 Å². The predicted octanol–water partition coefficient (Wildman–Crippen LogP) is 3.85. The van der Waals surface area contributed by atoms with Crippen LogP contribution in [0.5, 0.6) is 0 Å². The summed E-state index contributed by atoms with van der Waals surface area (Å²) in [4.78, 5) is 14.9. The zero-order valence-electron chi connectivity index (χ0n) is 16.6. The van der Waals surface area contributed by atoms with Gasteiger partial charge in [-0.3, -0.25) is 4.79 Å². The molecule has 1 amide bonds. The second-order valence-electron chi connectivity index (χ2n) is 7.32. The number of carbonyl (C=O) groups excluding carboxylic acids is 1. The zero-order chi connectivity index (χ0) is 20.9. The molecule has 29 heavy (non-hydrogen) atoms. The molecule has 2 aromatic rings. The number of nitrogens with zero attached hydrogens (tertiary/aromatic N) is 1. The summed E-state index contributed by atoms with van der Waals surface area (Å²) in [6.07, 6.45) is 2.80. The molecule has 0 bridgehead atoms. The van der Waals surface area contributed by atoms with Crippen molar-refractivity contribution in [3.8, 4) is 0 Å². The van der Waals surface area contributed by atoms with Crippen LogP contribution in [0.3, 0.4) is 0 Å². The van der Waals surface area contributed by atoms with Crippen LogP contribution in [0.15, 0.2) is 53.4 Å². The minimum absolute atomic E-state index is 0.0532. The van der Waals surface area contributed by atoms with Gasteiger partial charge in [-0.1, -0.05) is 36.7 Å². The number of carbonyl (C=O) groups is 1. The van der Waals surface area contributed by atoms with Crippen LogP contribution in [0, 0.1) is 0 Å². The standard InChI is InChI=1S/C22H27ClN2O3S/c1-2-29(27,28)20-10-8-19(9-11-20)25-15-13-18(14-16-25)24-22(26)12-7-17-5-3-4-6-21(17)23/h3-6,8-11,18H,2,7,12-16H2,1H3,(H,24,26). The summed E-state index contributed by atoms with van der Waals surface area (Å²) in [6.45, 7) is 3.31. The fraction of sp³-hybridized carbons (Fsp3) is 0.409. The van der Waals surface area contributed by atoms with E-state index in [1.807, 2.05) is 36.4 Å². The molecule has 0 saturated carbocycles. The maximum Gasteiger partial charge on any atom is 0.220 e. The summed E-state index contributed by atoms with van der Waals surface area (Å²) in [5.41, 5.74) is 2.01. The summed E-state index contributed by atoms with van der Waals surface area (Å²) in [6, 6.07) is 14.9. The zero-order valence-corrected chi connectivity index (χ0v) is 18.2. The van der Waals surface area contributed by atoms with Crippen molar-refractivity contribution in [2.75, 3.05) is 23.7 Å². The Labute approximate surface area is 178 Å². The number of sulfone groups is 1. The fourth-order valence-corrected chi connectivity index (χ4v) is 4.68. The first-order chi connectivity index (χ1) is 13.9. The molecule has 1 aliphatic rings. The van der Waals surface area contributed by atoms with Crippen molar-refractivity contribution >= 4 is 33.0 Å². The SMILES string of the molecule is CCS(=O)(=O)c1ccc(N2CCC(NC(=O)CCc3ccccc3Cl)CC2)cc1. The molecule has 0 unspecified atom stereocenters. The van der Waals surface area contributed by atoms with Gasteiger partial charge in [0, 0.05) is 36.3 Å². The molecule has 0 aromatic heterocycles. The Morgan fingerprint density at radius 1 is 1.10 bits per heavy atom. The second-order valence-corrected chi connectivity index (χ2v) is 10.0. The average Bonchev–Trinajstić information content (AvgIpc) is 2.74. The number of hydrogen-bond donors (Lipinski definition) is 1. The van der Waals surface area contributed by atoms with E-state index in [0.29, 0.717) is 22.8 Å². The van der Waals surface area contributed by atoms with Crippen molar-refractivity contribution in [3.63, 3.8) is 0 Å². The first-order valence-corrected chi connectivity index (χ1v) is 12.0. The largest absolute Gasteiger partial charge is 0.371 e. The summed E-state index contributed by atoms with van der Waals surface area (Å²) in [5, 5.41) is 3.83. The minimum atomic E-state index is -3.17. The molecule has 0 aliphatic carbocycles. The summed E-state index contributed by atoms with van der Waals surface area (Å²) >= 11 is 6.15. The molecule has 0 radical (unpaired) electrons. The van der Waals surface area contributed by atoms with Crippen LogP contribution in [0.2, 0.25) is 5.02 Å². The lowest BCUT2D eigenvalue weighted by Gasteiger charge is -2.34. The number of aryl methyl sites for hydroxylation is 1. The molecule has 2 aromatic carbocycles. The maximum atomic E-state index is 12.3. The van der Waals surface area contributed by atoms with Crippen molar-refractivity contribution in [1.82, 2.24) is 5.32 Å². The molecule has 5 nitrogen and oxygen atoms in total. The number of amides is 1. The lowest BCUT2D eigenvalue weighted by molar-refractivity contribution is -0.121. The van der Waals surface area contributed by atoms with Gasteiger partial charge in [0.25, 0.3) is 0 Å². The van der Waals surface area contributed by atoms with Crippen molar-refractivity contribution in [2.45, 2.75) is 43.5 Å². The van der Waals surface area contributed by atoms with E-state index in [1.165, 1.54) is 0 Å². The molecule has 1 saturated heterocycles. The second kappa shape index (κ2) is 9.63. The third kappa shape index (κ3) is 5.73. The third-order valence-corrected chi connectivity index (χ3v) is 7.50. The summed E-state index contributed by atoms with van der Waals surface area (Å²) in [5.74, 6) is 0.158. The molecule has 1 N–H and O–H groups in total. The van der Waals surface area contributed by atoms with E-state index >= 15 is 0 Å². The molecule has 156 valence electrons. The Kier molecular flexibility index (Phi) is 7.19. The normalized spacial score (nSPS) is 15.3. The Morgan fingerprint density at radius 3 is 2.38 bits per heavy atom. The van der Waals surface area contributed by atoms with E-state index in [1.54, 1.807) is 19.1 Å². The highest BCUT2D eigenvalue weighted by Crippen LogP contribution is 2.23. The number of rotatable bonds is 7. The van der Waals surface area contributed by atoms with Crippen molar-refractivity contribution < 1.29 is 13.2 Å². The molecule has 3 rings (SSSR count). The Balaban J connectivity index is 1.46. The number of halogens is 1.